The van der Waals surface area contributed by atoms with Crippen LogP contribution in [-0.2, 0) is 13.1 Å². The zero-order valence-electron chi connectivity index (χ0n) is 11.3. The molecular formula is C15H16N4S. The molecule has 2 heterocycles. The van der Waals surface area contributed by atoms with Crippen LogP contribution in [0.1, 0.15) is 16.8 Å². The van der Waals surface area contributed by atoms with Gasteiger partial charge in [-0.1, -0.05) is 30.3 Å². The van der Waals surface area contributed by atoms with Crippen molar-refractivity contribution >= 4 is 11.3 Å². The fraction of sp³-hybridized carbons (Fsp3) is 0.200. The number of H-pyrrole nitrogens is 1. The van der Waals surface area contributed by atoms with Crippen molar-refractivity contribution < 1.29 is 0 Å². The highest BCUT2D eigenvalue weighted by molar-refractivity contribution is 7.08. The van der Waals surface area contributed by atoms with Crippen molar-refractivity contribution in [3.63, 3.8) is 0 Å². The van der Waals surface area contributed by atoms with E-state index in [4.69, 9.17) is 0 Å². The molecule has 0 unspecified atom stereocenters. The van der Waals surface area contributed by atoms with Crippen molar-refractivity contribution in [1.29, 1.82) is 0 Å². The minimum absolute atomic E-state index is 0.704. The van der Waals surface area contributed by atoms with Crippen LogP contribution in [0, 0.1) is 6.92 Å². The maximum Gasteiger partial charge on any atom is 0.117 e. The summed E-state index contributed by atoms with van der Waals surface area (Å²) in [6.45, 7) is 3.70. The van der Waals surface area contributed by atoms with Crippen LogP contribution in [0.4, 0.5) is 0 Å². The summed E-state index contributed by atoms with van der Waals surface area (Å²) in [5.41, 5.74) is 5.64. The lowest BCUT2D eigenvalue weighted by molar-refractivity contribution is 0.677. The summed E-state index contributed by atoms with van der Waals surface area (Å²) in [5, 5.41) is 19.0. The maximum atomic E-state index is 4.25. The van der Waals surface area contributed by atoms with Gasteiger partial charge in [-0.05, 0) is 28.8 Å². The highest BCUT2D eigenvalue weighted by Gasteiger charge is 2.09. The van der Waals surface area contributed by atoms with Crippen LogP contribution in [0.3, 0.4) is 0 Å². The average molecular weight is 284 g/mol. The Hall–Kier alpha value is -1.98. The molecule has 0 amide bonds. The van der Waals surface area contributed by atoms with Gasteiger partial charge in [0.15, 0.2) is 0 Å². The number of benzene rings is 1. The van der Waals surface area contributed by atoms with Crippen LogP contribution in [0.5, 0.6) is 0 Å². The number of hydrogen-bond acceptors (Lipinski definition) is 4. The summed E-state index contributed by atoms with van der Waals surface area (Å²) in [5.74, 6) is 0. The van der Waals surface area contributed by atoms with E-state index in [0.717, 1.165) is 23.5 Å². The van der Waals surface area contributed by atoms with Crippen LogP contribution in [0.25, 0.3) is 11.3 Å². The number of nitrogens with zero attached hydrogens (tertiary/aromatic N) is 2. The molecule has 0 aliphatic heterocycles. The summed E-state index contributed by atoms with van der Waals surface area (Å²) in [7, 11) is 0. The molecular weight excluding hydrogens is 268 g/mol. The molecule has 0 aliphatic rings. The Morgan fingerprint density at radius 2 is 1.95 bits per heavy atom. The molecule has 5 heteroatoms. The van der Waals surface area contributed by atoms with Crippen LogP contribution in [0.15, 0.2) is 41.1 Å². The summed E-state index contributed by atoms with van der Waals surface area (Å²) in [6, 6.07) is 10.1. The van der Waals surface area contributed by atoms with Crippen LogP contribution in [0.2, 0.25) is 0 Å². The van der Waals surface area contributed by atoms with Crippen LogP contribution < -0.4 is 5.32 Å². The van der Waals surface area contributed by atoms with Crippen molar-refractivity contribution in [2.75, 3.05) is 0 Å². The molecule has 0 radical (unpaired) electrons. The lowest BCUT2D eigenvalue weighted by Gasteiger charge is -2.04. The molecule has 3 rings (SSSR count). The van der Waals surface area contributed by atoms with Gasteiger partial charge in [-0.25, -0.2) is 0 Å². The maximum absolute atomic E-state index is 4.25. The second-order valence-corrected chi connectivity index (χ2v) is 5.41. The lowest BCUT2D eigenvalue weighted by Crippen LogP contribution is -2.13. The number of thiophene rings is 1. The van der Waals surface area contributed by atoms with Gasteiger partial charge >= 0.3 is 0 Å². The van der Waals surface area contributed by atoms with Crippen molar-refractivity contribution in [1.82, 2.24) is 20.7 Å². The first-order chi connectivity index (χ1) is 9.84. The second kappa shape index (κ2) is 5.98. The van der Waals surface area contributed by atoms with E-state index in [9.17, 15) is 0 Å². The minimum Gasteiger partial charge on any atom is -0.307 e. The lowest BCUT2D eigenvalue weighted by atomic mass is 10.1. The smallest absolute Gasteiger partial charge is 0.117 e. The monoisotopic (exact) mass is 284 g/mol. The Morgan fingerprint density at radius 1 is 1.10 bits per heavy atom. The van der Waals surface area contributed by atoms with Crippen molar-refractivity contribution in [2.24, 2.45) is 0 Å². The quantitative estimate of drug-likeness (QED) is 0.757. The SMILES string of the molecule is Cc1cscc1CNCc1n[nH]nc1-c1ccccc1. The van der Waals surface area contributed by atoms with Crippen molar-refractivity contribution in [3.8, 4) is 11.3 Å². The van der Waals surface area contributed by atoms with E-state index in [2.05, 4.69) is 38.4 Å². The van der Waals surface area contributed by atoms with E-state index < -0.39 is 0 Å². The van der Waals surface area contributed by atoms with E-state index >= 15 is 0 Å². The topological polar surface area (TPSA) is 53.6 Å². The summed E-state index contributed by atoms with van der Waals surface area (Å²) < 4.78 is 0. The van der Waals surface area contributed by atoms with E-state index in [1.807, 2.05) is 30.3 Å². The predicted molar refractivity (Wildman–Crippen MR) is 81.4 cm³/mol. The molecule has 2 N–H and O–H groups in total. The molecule has 0 atom stereocenters. The Balaban J connectivity index is 1.67. The van der Waals surface area contributed by atoms with Crippen molar-refractivity contribution in [2.45, 2.75) is 20.0 Å². The third kappa shape index (κ3) is 2.79. The number of hydrogen-bond donors (Lipinski definition) is 2. The molecule has 0 aliphatic carbocycles. The highest BCUT2D eigenvalue weighted by Crippen LogP contribution is 2.19. The van der Waals surface area contributed by atoms with E-state index in [1.165, 1.54) is 11.1 Å². The highest BCUT2D eigenvalue weighted by atomic mass is 32.1. The normalized spacial score (nSPS) is 10.8. The molecule has 3 aromatic rings. The first kappa shape index (κ1) is 13.0. The Bertz CT molecular complexity index is 672. The fourth-order valence-electron chi connectivity index (χ4n) is 2.09. The molecule has 0 bridgehead atoms. The van der Waals surface area contributed by atoms with Gasteiger partial charge in [0.25, 0.3) is 0 Å². The van der Waals surface area contributed by atoms with E-state index in [0.29, 0.717) is 6.54 Å². The molecule has 102 valence electrons. The van der Waals surface area contributed by atoms with Gasteiger partial charge in [0.1, 0.15) is 11.4 Å². The minimum atomic E-state index is 0.704. The van der Waals surface area contributed by atoms with Crippen LogP contribution in [-0.4, -0.2) is 15.4 Å². The molecule has 0 spiro atoms. The fourth-order valence-corrected chi connectivity index (χ4v) is 2.94. The van der Waals surface area contributed by atoms with Gasteiger partial charge in [0, 0.05) is 18.7 Å². The molecule has 2 aromatic heterocycles. The largest absolute Gasteiger partial charge is 0.307 e. The van der Waals surface area contributed by atoms with Gasteiger partial charge in [-0.15, -0.1) is 0 Å². The predicted octanol–water partition coefficient (Wildman–Crippen LogP) is 3.13. The summed E-state index contributed by atoms with van der Waals surface area (Å²) >= 11 is 1.74. The standard InChI is InChI=1S/C15H16N4S/c1-11-9-20-10-13(11)7-16-8-14-15(18-19-17-14)12-5-3-2-4-6-12/h2-6,9-10,16H,7-8H2,1H3,(H,17,18,19). The number of nitrogens with one attached hydrogen (secondary N) is 2. The molecule has 0 saturated heterocycles. The number of aromatic nitrogens is 3. The first-order valence-electron chi connectivity index (χ1n) is 6.52. The Labute approximate surface area is 121 Å². The number of aryl methyl sites for hydroxylation is 1. The second-order valence-electron chi connectivity index (χ2n) is 4.67. The van der Waals surface area contributed by atoms with Gasteiger partial charge in [0.05, 0.1) is 0 Å². The molecule has 4 nitrogen and oxygen atoms in total. The third-order valence-electron chi connectivity index (χ3n) is 3.24. The molecule has 20 heavy (non-hydrogen) atoms. The Morgan fingerprint density at radius 3 is 2.70 bits per heavy atom. The Kier molecular flexibility index (Phi) is 3.90. The van der Waals surface area contributed by atoms with Crippen LogP contribution >= 0.6 is 11.3 Å². The van der Waals surface area contributed by atoms with Gasteiger partial charge in [-0.3, -0.25) is 0 Å². The van der Waals surface area contributed by atoms with Crippen molar-refractivity contribution in [3.05, 3.63) is 57.9 Å². The zero-order chi connectivity index (χ0) is 13.8. The molecule has 1 aromatic carbocycles. The van der Waals surface area contributed by atoms with Gasteiger partial charge in [-0.2, -0.15) is 26.7 Å². The molecule has 0 saturated carbocycles. The number of aromatic amines is 1. The average Bonchev–Trinajstić information content (AvgIpc) is 3.10. The van der Waals surface area contributed by atoms with E-state index in [-0.39, 0.29) is 0 Å². The molecule has 0 fully saturated rings. The van der Waals surface area contributed by atoms with Gasteiger partial charge < -0.3 is 5.32 Å². The summed E-state index contributed by atoms with van der Waals surface area (Å²) in [6.07, 6.45) is 0. The third-order valence-corrected chi connectivity index (χ3v) is 4.15. The summed E-state index contributed by atoms with van der Waals surface area (Å²) in [4.78, 5) is 0. The first-order valence-corrected chi connectivity index (χ1v) is 7.46. The zero-order valence-corrected chi connectivity index (χ0v) is 12.1. The number of rotatable bonds is 5. The van der Waals surface area contributed by atoms with E-state index in [1.54, 1.807) is 11.3 Å². The van der Waals surface area contributed by atoms with Gasteiger partial charge in [0.2, 0.25) is 0 Å².